The van der Waals surface area contributed by atoms with Gasteiger partial charge < -0.3 is 9.32 Å². The van der Waals surface area contributed by atoms with E-state index in [0.717, 1.165) is 43.7 Å². The van der Waals surface area contributed by atoms with E-state index in [1.165, 1.54) is 17.1 Å². The smallest absolute Gasteiger partial charge is 0.267 e. The van der Waals surface area contributed by atoms with E-state index in [1.807, 2.05) is 52.5 Å². The normalized spacial score (nSPS) is 18.2. The average molecular weight is 528 g/mol. The van der Waals surface area contributed by atoms with Crippen LogP contribution in [0.4, 0.5) is 5.69 Å². The molecule has 1 fully saturated rings. The van der Waals surface area contributed by atoms with Crippen LogP contribution in [-0.2, 0) is 6.54 Å². The maximum atomic E-state index is 13.7. The molecule has 0 bridgehead atoms. The van der Waals surface area contributed by atoms with E-state index < -0.39 is 0 Å². The standard InChI is InChI=1S/C28H29N7O2S/c1-20-30-31-27(37-20)22-8-5-9-24(18-22)34-17-13-26(32-34)35(28(36)25-10-14-29-38-25)23-11-15-33(16-12-23)19-21-6-3-2-4-7-21/h2-10,13-14,17-18,23,26,32H,11-12,15-16,19H2,1H3. The van der Waals surface area contributed by atoms with Crippen molar-refractivity contribution in [3.8, 4) is 11.5 Å². The largest absolute Gasteiger partial charge is 0.421 e. The molecule has 4 aromatic rings. The number of piperidine rings is 1. The number of anilines is 1. The van der Waals surface area contributed by atoms with Gasteiger partial charge in [0.05, 0.1) is 5.69 Å². The summed E-state index contributed by atoms with van der Waals surface area (Å²) in [6.45, 7) is 4.59. The van der Waals surface area contributed by atoms with E-state index in [4.69, 9.17) is 4.42 Å². The molecule has 1 saturated heterocycles. The van der Waals surface area contributed by atoms with E-state index in [9.17, 15) is 4.79 Å². The van der Waals surface area contributed by atoms with Crippen LogP contribution < -0.4 is 10.4 Å². The summed E-state index contributed by atoms with van der Waals surface area (Å²) in [6.07, 6.45) is 7.25. The number of likely N-dealkylation sites (tertiary alicyclic amines) is 1. The van der Waals surface area contributed by atoms with Crippen LogP contribution in [0, 0.1) is 6.92 Å². The summed E-state index contributed by atoms with van der Waals surface area (Å²) in [5, 5.41) is 10.0. The summed E-state index contributed by atoms with van der Waals surface area (Å²) in [5.74, 6) is 1.01. The van der Waals surface area contributed by atoms with Gasteiger partial charge in [-0.05, 0) is 60.3 Å². The lowest BCUT2D eigenvalue weighted by atomic mass is 10.0. The van der Waals surface area contributed by atoms with Gasteiger partial charge in [0, 0.05) is 50.6 Å². The lowest BCUT2D eigenvalue weighted by molar-refractivity contribution is 0.0463. The highest BCUT2D eigenvalue weighted by molar-refractivity contribution is 7.08. The lowest BCUT2D eigenvalue weighted by Crippen LogP contribution is -2.56. The molecule has 4 heterocycles. The molecule has 2 aromatic heterocycles. The Kier molecular flexibility index (Phi) is 7.00. The minimum Gasteiger partial charge on any atom is -0.421 e. The van der Waals surface area contributed by atoms with Gasteiger partial charge in [-0.15, -0.1) is 10.2 Å². The number of amides is 1. The molecule has 9 nitrogen and oxygen atoms in total. The highest BCUT2D eigenvalue weighted by Gasteiger charge is 2.35. The number of nitrogens with one attached hydrogen (secondary N) is 1. The van der Waals surface area contributed by atoms with Crippen molar-refractivity contribution in [2.45, 2.75) is 38.5 Å². The van der Waals surface area contributed by atoms with Crippen molar-refractivity contribution in [3.05, 3.63) is 95.5 Å². The number of carbonyl (C=O) groups excluding carboxylic acids is 1. The molecule has 1 unspecified atom stereocenters. The number of benzene rings is 2. The SMILES string of the molecule is Cc1nnc(-c2cccc(N3C=CC(N(C(=O)c4ccns4)C4CCN(Cc5ccccc5)CC4)N3)c2)o1. The first-order valence-corrected chi connectivity index (χ1v) is 13.6. The van der Waals surface area contributed by atoms with Gasteiger partial charge in [-0.1, -0.05) is 36.4 Å². The molecule has 1 N–H and O–H groups in total. The minimum absolute atomic E-state index is 0.00750. The number of aryl methyl sites for hydroxylation is 1. The number of aromatic nitrogens is 3. The maximum Gasteiger partial charge on any atom is 0.267 e. The molecule has 0 radical (unpaired) electrons. The molecule has 2 aliphatic heterocycles. The summed E-state index contributed by atoms with van der Waals surface area (Å²) >= 11 is 1.24. The third-order valence-corrected chi connectivity index (χ3v) is 7.70. The van der Waals surface area contributed by atoms with E-state index in [0.29, 0.717) is 16.7 Å². The number of hydrogen-bond acceptors (Lipinski definition) is 9. The highest BCUT2D eigenvalue weighted by atomic mass is 32.1. The van der Waals surface area contributed by atoms with Crippen molar-refractivity contribution in [2.24, 2.45) is 0 Å². The second-order valence-corrected chi connectivity index (χ2v) is 10.4. The zero-order valence-corrected chi connectivity index (χ0v) is 21.9. The molecule has 194 valence electrons. The number of hydrogen-bond donors (Lipinski definition) is 1. The Morgan fingerprint density at radius 1 is 1.11 bits per heavy atom. The second-order valence-electron chi connectivity index (χ2n) is 9.54. The van der Waals surface area contributed by atoms with Crippen LogP contribution >= 0.6 is 11.5 Å². The van der Waals surface area contributed by atoms with Crippen LogP contribution in [0.15, 0.2) is 83.6 Å². The van der Waals surface area contributed by atoms with Crippen LogP contribution in [-0.4, -0.2) is 55.6 Å². The van der Waals surface area contributed by atoms with Gasteiger partial charge in [-0.3, -0.25) is 14.7 Å². The summed E-state index contributed by atoms with van der Waals surface area (Å²) in [5.41, 5.74) is 6.59. The fourth-order valence-electron chi connectivity index (χ4n) is 5.08. The molecule has 0 aliphatic carbocycles. The highest BCUT2D eigenvalue weighted by Crippen LogP contribution is 2.28. The van der Waals surface area contributed by atoms with Crippen molar-refractivity contribution in [1.29, 1.82) is 0 Å². The maximum absolute atomic E-state index is 13.7. The molecule has 2 aromatic carbocycles. The Balaban J connectivity index is 1.17. The predicted octanol–water partition coefficient (Wildman–Crippen LogP) is 4.47. The Labute approximate surface area is 225 Å². The van der Waals surface area contributed by atoms with E-state index >= 15 is 0 Å². The first-order valence-electron chi connectivity index (χ1n) is 12.8. The van der Waals surface area contributed by atoms with Gasteiger partial charge in [0.15, 0.2) is 0 Å². The van der Waals surface area contributed by atoms with Crippen molar-refractivity contribution in [2.75, 3.05) is 18.1 Å². The van der Waals surface area contributed by atoms with E-state index in [2.05, 4.69) is 49.2 Å². The number of nitrogens with zero attached hydrogens (tertiary/aromatic N) is 6. The average Bonchev–Trinajstić information content (AvgIpc) is 3.73. The van der Waals surface area contributed by atoms with Crippen molar-refractivity contribution in [3.63, 3.8) is 0 Å². The van der Waals surface area contributed by atoms with E-state index in [-0.39, 0.29) is 18.1 Å². The molecule has 10 heteroatoms. The zero-order chi connectivity index (χ0) is 25.9. The van der Waals surface area contributed by atoms with Crippen molar-refractivity contribution < 1.29 is 9.21 Å². The zero-order valence-electron chi connectivity index (χ0n) is 21.1. The Morgan fingerprint density at radius 3 is 2.68 bits per heavy atom. The number of hydrazine groups is 1. The van der Waals surface area contributed by atoms with Crippen LogP contribution in [0.2, 0.25) is 0 Å². The number of rotatable bonds is 7. The van der Waals surface area contributed by atoms with Crippen LogP contribution in [0.1, 0.15) is 34.0 Å². The third-order valence-electron chi connectivity index (χ3n) is 6.97. The molecule has 2 aliphatic rings. The molecule has 0 spiro atoms. The summed E-state index contributed by atoms with van der Waals surface area (Å²) in [6, 6.07) is 20.4. The van der Waals surface area contributed by atoms with Gasteiger partial charge in [0.25, 0.3) is 5.91 Å². The summed E-state index contributed by atoms with van der Waals surface area (Å²) in [7, 11) is 0. The molecular formula is C28H29N7O2S. The Hall–Kier alpha value is -3.86. The summed E-state index contributed by atoms with van der Waals surface area (Å²) in [4.78, 5) is 18.8. The predicted molar refractivity (Wildman–Crippen MR) is 146 cm³/mol. The Bertz CT molecular complexity index is 1400. The van der Waals surface area contributed by atoms with Crippen LogP contribution in [0.3, 0.4) is 0 Å². The van der Waals surface area contributed by atoms with Gasteiger partial charge in [-0.2, -0.15) is 0 Å². The number of carbonyl (C=O) groups is 1. The van der Waals surface area contributed by atoms with Gasteiger partial charge in [0.1, 0.15) is 11.0 Å². The van der Waals surface area contributed by atoms with Crippen LogP contribution in [0.5, 0.6) is 0 Å². The molecule has 0 saturated carbocycles. The molecule has 6 rings (SSSR count). The van der Waals surface area contributed by atoms with Crippen molar-refractivity contribution in [1.82, 2.24) is 29.8 Å². The van der Waals surface area contributed by atoms with E-state index in [1.54, 1.807) is 19.2 Å². The first kappa shape index (κ1) is 24.5. The lowest BCUT2D eigenvalue weighted by Gasteiger charge is -2.41. The third kappa shape index (κ3) is 5.24. The molecule has 38 heavy (non-hydrogen) atoms. The summed E-state index contributed by atoms with van der Waals surface area (Å²) < 4.78 is 9.78. The van der Waals surface area contributed by atoms with Gasteiger partial charge in [0.2, 0.25) is 11.8 Å². The minimum atomic E-state index is -0.274. The first-order chi connectivity index (χ1) is 18.6. The molecular weight excluding hydrogens is 498 g/mol. The topological polar surface area (TPSA) is 90.6 Å². The fourth-order valence-corrected chi connectivity index (χ4v) is 5.62. The molecule has 1 amide bonds. The second kappa shape index (κ2) is 10.9. The van der Waals surface area contributed by atoms with Gasteiger partial charge >= 0.3 is 0 Å². The van der Waals surface area contributed by atoms with Crippen LogP contribution in [0.25, 0.3) is 11.5 Å². The Morgan fingerprint density at radius 2 is 1.95 bits per heavy atom. The molecule has 1 atom stereocenters. The van der Waals surface area contributed by atoms with Gasteiger partial charge in [-0.25, -0.2) is 9.80 Å². The van der Waals surface area contributed by atoms with Crippen molar-refractivity contribution >= 4 is 23.1 Å². The monoisotopic (exact) mass is 527 g/mol. The quantitative estimate of drug-likeness (QED) is 0.377. The fraction of sp³-hybridized carbons (Fsp3) is 0.286.